The minimum atomic E-state index is -0.314. The van der Waals surface area contributed by atoms with Gasteiger partial charge in [0.1, 0.15) is 6.10 Å². The van der Waals surface area contributed by atoms with Crippen LogP contribution in [-0.4, -0.2) is 11.5 Å². The van der Waals surface area contributed by atoms with Crippen LogP contribution in [0.5, 0.6) is 0 Å². The van der Waals surface area contributed by atoms with E-state index in [1.54, 1.807) is 0 Å². The lowest BCUT2D eigenvalue weighted by atomic mass is 9.85. The number of hydrogen-bond acceptors (Lipinski definition) is 2. The maximum absolute atomic E-state index is 12.0. The van der Waals surface area contributed by atoms with Crippen LogP contribution in [0.15, 0.2) is 36.4 Å². The Bertz CT molecular complexity index is 505. The fourth-order valence-corrected chi connectivity index (χ4v) is 2.43. The molecule has 2 atom stereocenters. The van der Waals surface area contributed by atoms with Crippen LogP contribution >= 0.6 is 0 Å². The van der Waals surface area contributed by atoms with Crippen LogP contribution in [0.3, 0.4) is 0 Å². The first-order valence-electron chi connectivity index (χ1n) is 5.84. The van der Waals surface area contributed by atoms with E-state index in [0.717, 1.165) is 11.3 Å². The van der Waals surface area contributed by atoms with E-state index in [1.165, 1.54) is 0 Å². The minimum absolute atomic E-state index is 0.0143. The maximum Gasteiger partial charge on any atom is 0.234 e. The van der Waals surface area contributed by atoms with Crippen LogP contribution < -0.4 is 5.32 Å². The lowest BCUT2D eigenvalue weighted by molar-refractivity contribution is -0.131. The summed E-state index contributed by atoms with van der Waals surface area (Å²) >= 11 is 0. The molecule has 0 radical (unpaired) electrons. The summed E-state index contributed by atoms with van der Waals surface area (Å²) in [5, 5.41) is 2.92. The van der Waals surface area contributed by atoms with Gasteiger partial charge >= 0.3 is 0 Å². The second-order valence-corrected chi connectivity index (χ2v) is 5.10. The van der Waals surface area contributed by atoms with Gasteiger partial charge in [0.25, 0.3) is 0 Å². The van der Waals surface area contributed by atoms with Crippen molar-refractivity contribution in [3.63, 3.8) is 0 Å². The summed E-state index contributed by atoms with van der Waals surface area (Å²) in [5.41, 5.74) is 1.62. The molecule has 0 aliphatic carbocycles. The normalized spacial score (nSPS) is 29.2. The first kappa shape index (κ1) is 10.5. The zero-order chi connectivity index (χ0) is 12.0. The van der Waals surface area contributed by atoms with Crippen molar-refractivity contribution in [1.29, 1.82) is 0 Å². The molecule has 3 nitrogen and oxygen atoms in total. The summed E-state index contributed by atoms with van der Waals surface area (Å²) in [6.45, 7) is 4.02. The summed E-state index contributed by atoms with van der Waals surface area (Å²) in [6.07, 6.45) is 3.75. The van der Waals surface area contributed by atoms with Gasteiger partial charge in [0.15, 0.2) is 0 Å². The molecule has 0 spiro atoms. The highest BCUT2D eigenvalue weighted by molar-refractivity contribution is 5.97. The molecule has 0 saturated heterocycles. The van der Waals surface area contributed by atoms with E-state index < -0.39 is 0 Å². The number of nitrogens with one attached hydrogen (secondary N) is 1. The molecule has 0 bridgehead atoms. The average Bonchev–Trinajstić information content (AvgIpc) is 2.28. The molecule has 0 aromatic heterocycles. The fraction of sp³-hybridized carbons (Fsp3) is 0.357. The van der Waals surface area contributed by atoms with E-state index in [4.69, 9.17) is 4.74 Å². The smallest absolute Gasteiger partial charge is 0.234 e. The number of anilines is 1. The summed E-state index contributed by atoms with van der Waals surface area (Å²) in [6, 6.07) is 7.82. The predicted octanol–water partition coefficient (Wildman–Crippen LogP) is 2.66. The van der Waals surface area contributed by atoms with Gasteiger partial charge in [-0.1, -0.05) is 30.4 Å². The van der Waals surface area contributed by atoms with Crippen LogP contribution in [-0.2, 0) is 9.53 Å². The number of rotatable bonds is 0. The zero-order valence-corrected chi connectivity index (χ0v) is 9.94. The largest absolute Gasteiger partial charge is 0.362 e. The molecule has 0 saturated carbocycles. The van der Waals surface area contributed by atoms with Crippen LogP contribution in [0.1, 0.15) is 25.5 Å². The minimum Gasteiger partial charge on any atom is -0.362 e. The van der Waals surface area contributed by atoms with Crippen LogP contribution in [0.2, 0.25) is 0 Å². The van der Waals surface area contributed by atoms with E-state index in [1.807, 2.05) is 50.3 Å². The van der Waals surface area contributed by atoms with Crippen LogP contribution in [0.25, 0.3) is 0 Å². The third-order valence-electron chi connectivity index (χ3n) is 3.29. The van der Waals surface area contributed by atoms with Gasteiger partial charge in [-0.15, -0.1) is 0 Å². The van der Waals surface area contributed by atoms with Gasteiger partial charge in [-0.3, -0.25) is 4.79 Å². The van der Waals surface area contributed by atoms with Crippen molar-refractivity contribution in [2.45, 2.75) is 25.6 Å². The first-order chi connectivity index (χ1) is 8.07. The molecule has 2 heterocycles. The second kappa shape index (κ2) is 3.44. The van der Waals surface area contributed by atoms with Crippen molar-refractivity contribution in [2.24, 2.45) is 5.92 Å². The monoisotopic (exact) mass is 229 g/mol. The van der Waals surface area contributed by atoms with Crippen molar-refractivity contribution in [1.82, 2.24) is 0 Å². The van der Waals surface area contributed by atoms with Gasteiger partial charge in [-0.05, 0) is 19.9 Å². The summed E-state index contributed by atoms with van der Waals surface area (Å²) in [5.74, 6) is -0.196. The number of ether oxygens (including phenoxy) is 1. The Morgan fingerprint density at radius 2 is 2.06 bits per heavy atom. The Kier molecular flexibility index (Phi) is 2.13. The number of fused-ring (bicyclic) bond motifs is 3. The Balaban J connectivity index is 2.10. The lowest BCUT2D eigenvalue weighted by Gasteiger charge is -2.39. The number of amides is 1. The number of carbonyl (C=O) groups is 1. The van der Waals surface area contributed by atoms with Gasteiger partial charge in [-0.2, -0.15) is 0 Å². The summed E-state index contributed by atoms with van der Waals surface area (Å²) in [4.78, 5) is 12.0. The average molecular weight is 229 g/mol. The maximum atomic E-state index is 12.0. The highest BCUT2D eigenvalue weighted by Gasteiger charge is 2.40. The lowest BCUT2D eigenvalue weighted by Crippen LogP contribution is -2.40. The van der Waals surface area contributed by atoms with Crippen molar-refractivity contribution in [3.8, 4) is 0 Å². The SMILES string of the molecule is CC1(C)C=CC2C(=O)Nc3ccccc3C2O1. The highest BCUT2D eigenvalue weighted by Crippen LogP contribution is 2.42. The van der Waals surface area contributed by atoms with Gasteiger partial charge in [0.2, 0.25) is 5.91 Å². The van der Waals surface area contributed by atoms with Gasteiger partial charge < -0.3 is 10.1 Å². The van der Waals surface area contributed by atoms with Crippen molar-refractivity contribution in [2.75, 3.05) is 5.32 Å². The molecule has 2 aliphatic rings. The number of hydrogen-bond donors (Lipinski definition) is 1. The number of para-hydroxylation sites is 1. The van der Waals surface area contributed by atoms with Crippen molar-refractivity contribution in [3.05, 3.63) is 42.0 Å². The molecule has 2 unspecified atom stereocenters. The third kappa shape index (κ3) is 1.67. The van der Waals surface area contributed by atoms with Gasteiger partial charge in [-0.25, -0.2) is 0 Å². The molecule has 17 heavy (non-hydrogen) atoms. The van der Waals surface area contributed by atoms with E-state index in [-0.39, 0.29) is 23.5 Å². The second-order valence-electron chi connectivity index (χ2n) is 5.10. The molecule has 0 fully saturated rings. The fourth-order valence-electron chi connectivity index (χ4n) is 2.43. The molecular weight excluding hydrogens is 214 g/mol. The standard InChI is InChI=1S/C14H15NO2/c1-14(2)8-7-10-12(17-14)9-5-3-4-6-11(9)15-13(10)16/h3-8,10,12H,1-2H3,(H,15,16). The molecule has 1 amide bonds. The van der Waals surface area contributed by atoms with Crippen molar-refractivity contribution < 1.29 is 9.53 Å². The van der Waals surface area contributed by atoms with E-state index in [2.05, 4.69) is 5.32 Å². The molecule has 1 aromatic rings. The number of carbonyl (C=O) groups excluding carboxylic acids is 1. The molecule has 3 rings (SSSR count). The highest BCUT2D eigenvalue weighted by atomic mass is 16.5. The molecular formula is C14H15NO2. The van der Waals surface area contributed by atoms with Gasteiger partial charge in [0, 0.05) is 11.3 Å². The Hall–Kier alpha value is -1.61. The molecule has 3 heteroatoms. The Morgan fingerprint density at radius 3 is 2.88 bits per heavy atom. The van der Waals surface area contributed by atoms with E-state index in [0.29, 0.717) is 0 Å². The quantitative estimate of drug-likeness (QED) is 0.694. The molecule has 88 valence electrons. The molecule has 2 aliphatic heterocycles. The summed E-state index contributed by atoms with van der Waals surface area (Å²) < 4.78 is 6.03. The van der Waals surface area contributed by atoms with Crippen LogP contribution in [0, 0.1) is 5.92 Å². The topological polar surface area (TPSA) is 38.3 Å². The predicted molar refractivity (Wildman–Crippen MR) is 65.6 cm³/mol. The first-order valence-corrected chi connectivity index (χ1v) is 5.84. The Labute approximate surface area is 100 Å². The Morgan fingerprint density at radius 1 is 1.29 bits per heavy atom. The van der Waals surface area contributed by atoms with Gasteiger partial charge in [0.05, 0.1) is 11.5 Å². The molecule has 1 aromatic carbocycles. The molecule has 1 N–H and O–H groups in total. The summed E-state index contributed by atoms with van der Waals surface area (Å²) in [7, 11) is 0. The van der Waals surface area contributed by atoms with Crippen LogP contribution in [0.4, 0.5) is 5.69 Å². The third-order valence-corrected chi connectivity index (χ3v) is 3.29. The van der Waals surface area contributed by atoms with E-state index in [9.17, 15) is 4.79 Å². The van der Waals surface area contributed by atoms with E-state index >= 15 is 0 Å². The zero-order valence-electron chi connectivity index (χ0n) is 9.94. The van der Waals surface area contributed by atoms with Crippen molar-refractivity contribution >= 4 is 11.6 Å². The number of benzene rings is 1.